The number of piperidine rings is 1. The molecule has 1 unspecified atom stereocenters. The summed E-state index contributed by atoms with van der Waals surface area (Å²) in [6.07, 6.45) is 3.68. The van der Waals surface area contributed by atoms with Crippen molar-refractivity contribution in [3.05, 3.63) is 48.7 Å². The topological polar surface area (TPSA) is 66.0 Å². The van der Waals surface area contributed by atoms with Crippen molar-refractivity contribution in [1.82, 2.24) is 10.3 Å². The van der Waals surface area contributed by atoms with E-state index in [1.54, 1.807) is 6.20 Å². The minimum Gasteiger partial charge on any atom is -0.340 e. The summed E-state index contributed by atoms with van der Waals surface area (Å²) in [5.41, 5.74) is 1.72. The molecule has 2 aromatic rings. The molecule has 1 aliphatic heterocycles. The Balaban J connectivity index is 1.58. The normalized spacial score (nSPS) is 17.7. The van der Waals surface area contributed by atoms with Gasteiger partial charge in [0.05, 0.1) is 17.8 Å². The predicted octanol–water partition coefficient (Wildman–Crippen LogP) is 2.76. The van der Waals surface area contributed by atoms with Gasteiger partial charge in [0.15, 0.2) is 0 Å². The Morgan fingerprint density at radius 2 is 2.00 bits per heavy atom. The van der Waals surface area contributed by atoms with Crippen LogP contribution in [0, 0.1) is 5.92 Å². The van der Waals surface area contributed by atoms with Gasteiger partial charge < -0.3 is 16.0 Å². The highest BCUT2D eigenvalue weighted by atomic mass is 16.1. The maximum absolute atomic E-state index is 12.1. The van der Waals surface area contributed by atoms with Crippen LogP contribution in [0.3, 0.4) is 0 Å². The number of carbonyl (C=O) groups is 1. The monoisotopic (exact) mass is 296 g/mol. The van der Waals surface area contributed by atoms with E-state index in [-0.39, 0.29) is 11.8 Å². The number of rotatable bonds is 4. The first-order valence-electron chi connectivity index (χ1n) is 7.61. The summed E-state index contributed by atoms with van der Waals surface area (Å²) in [6, 6.07) is 13.6. The maximum atomic E-state index is 12.1. The molecule has 0 spiro atoms. The van der Waals surface area contributed by atoms with Gasteiger partial charge >= 0.3 is 0 Å². The Labute approximate surface area is 130 Å². The van der Waals surface area contributed by atoms with E-state index >= 15 is 0 Å². The fourth-order valence-corrected chi connectivity index (χ4v) is 2.53. The lowest BCUT2D eigenvalue weighted by atomic mass is 9.99. The average Bonchev–Trinajstić information content (AvgIpc) is 2.58. The lowest BCUT2D eigenvalue weighted by Gasteiger charge is -2.21. The number of aromatic nitrogens is 1. The molecular formula is C17H20N4O. The highest BCUT2D eigenvalue weighted by Gasteiger charge is 2.20. The second kappa shape index (κ2) is 7.04. The van der Waals surface area contributed by atoms with E-state index in [1.807, 2.05) is 42.5 Å². The zero-order valence-corrected chi connectivity index (χ0v) is 12.4. The number of para-hydroxylation sites is 1. The molecule has 0 bridgehead atoms. The van der Waals surface area contributed by atoms with Gasteiger partial charge in [0.1, 0.15) is 5.82 Å². The standard InChI is InChI=1S/C17H20N4O/c22-17(13-5-4-10-18-11-13)21-15-8-9-16(19-12-15)20-14-6-2-1-3-7-14/h1-3,6-9,12-13,18H,4-5,10-11H2,(H,19,20)(H,21,22). The van der Waals surface area contributed by atoms with Gasteiger partial charge in [-0.1, -0.05) is 18.2 Å². The Morgan fingerprint density at radius 1 is 1.14 bits per heavy atom. The van der Waals surface area contributed by atoms with Crippen LogP contribution < -0.4 is 16.0 Å². The average molecular weight is 296 g/mol. The fraction of sp³-hybridized carbons (Fsp3) is 0.294. The van der Waals surface area contributed by atoms with Crippen LogP contribution in [0.4, 0.5) is 17.2 Å². The van der Waals surface area contributed by atoms with E-state index in [0.717, 1.165) is 43.1 Å². The second-order valence-electron chi connectivity index (χ2n) is 5.46. The Hall–Kier alpha value is -2.40. The molecule has 3 N–H and O–H groups in total. The number of hydrogen-bond acceptors (Lipinski definition) is 4. The zero-order chi connectivity index (χ0) is 15.2. The summed E-state index contributed by atoms with van der Waals surface area (Å²) >= 11 is 0. The molecule has 1 aliphatic rings. The first kappa shape index (κ1) is 14.5. The molecule has 0 radical (unpaired) electrons. The number of pyridine rings is 1. The third-order valence-corrected chi connectivity index (χ3v) is 3.74. The van der Waals surface area contributed by atoms with E-state index in [2.05, 4.69) is 20.9 Å². The smallest absolute Gasteiger partial charge is 0.228 e. The second-order valence-corrected chi connectivity index (χ2v) is 5.46. The van der Waals surface area contributed by atoms with Gasteiger partial charge in [-0.2, -0.15) is 0 Å². The lowest BCUT2D eigenvalue weighted by Crippen LogP contribution is -2.37. The van der Waals surface area contributed by atoms with Crippen LogP contribution in [0.15, 0.2) is 48.7 Å². The number of nitrogens with zero attached hydrogens (tertiary/aromatic N) is 1. The number of hydrogen-bond donors (Lipinski definition) is 3. The van der Waals surface area contributed by atoms with Crippen LogP contribution in [0.1, 0.15) is 12.8 Å². The highest BCUT2D eigenvalue weighted by Crippen LogP contribution is 2.17. The number of anilines is 3. The molecule has 1 amide bonds. The van der Waals surface area contributed by atoms with Gasteiger partial charge in [-0.05, 0) is 43.7 Å². The van der Waals surface area contributed by atoms with Crippen LogP contribution in [0.5, 0.6) is 0 Å². The van der Waals surface area contributed by atoms with Crippen molar-refractivity contribution in [2.45, 2.75) is 12.8 Å². The minimum atomic E-state index is 0.0517. The molecule has 1 saturated heterocycles. The van der Waals surface area contributed by atoms with Crippen LogP contribution in [-0.4, -0.2) is 24.0 Å². The molecular weight excluding hydrogens is 276 g/mol. The van der Waals surface area contributed by atoms with Crippen molar-refractivity contribution in [2.75, 3.05) is 23.7 Å². The van der Waals surface area contributed by atoms with E-state index in [9.17, 15) is 4.79 Å². The van der Waals surface area contributed by atoms with Gasteiger partial charge in [0.25, 0.3) is 0 Å². The van der Waals surface area contributed by atoms with Crippen LogP contribution in [0.25, 0.3) is 0 Å². The van der Waals surface area contributed by atoms with Gasteiger partial charge in [-0.25, -0.2) is 4.98 Å². The molecule has 3 rings (SSSR count). The summed E-state index contributed by atoms with van der Waals surface area (Å²) in [5, 5.41) is 9.40. The van der Waals surface area contributed by atoms with Gasteiger partial charge in [0.2, 0.25) is 5.91 Å². The van der Waals surface area contributed by atoms with Gasteiger partial charge in [-0.15, -0.1) is 0 Å². The first-order chi connectivity index (χ1) is 10.8. The van der Waals surface area contributed by atoms with Crippen molar-refractivity contribution in [2.24, 2.45) is 5.92 Å². The number of benzene rings is 1. The number of nitrogens with one attached hydrogen (secondary N) is 3. The molecule has 5 nitrogen and oxygen atoms in total. The largest absolute Gasteiger partial charge is 0.340 e. The third-order valence-electron chi connectivity index (χ3n) is 3.74. The van der Waals surface area contributed by atoms with Crippen molar-refractivity contribution in [3.8, 4) is 0 Å². The maximum Gasteiger partial charge on any atom is 0.228 e. The fourth-order valence-electron chi connectivity index (χ4n) is 2.53. The number of amides is 1. The molecule has 0 saturated carbocycles. The van der Waals surface area contributed by atoms with Crippen LogP contribution >= 0.6 is 0 Å². The highest BCUT2D eigenvalue weighted by molar-refractivity contribution is 5.92. The third kappa shape index (κ3) is 3.83. The van der Waals surface area contributed by atoms with Gasteiger partial charge in [0, 0.05) is 12.2 Å². The molecule has 22 heavy (non-hydrogen) atoms. The zero-order valence-electron chi connectivity index (χ0n) is 12.4. The summed E-state index contributed by atoms with van der Waals surface area (Å²) in [6.45, 7) is 1.76. The molecule has 5 heteroatoms. The number of carbonyl (C=O) groups excluding carboxylic acids is 1. The Kier molecular flexibility index (Phi) is 4.65. The quantitative estimate of drug-likeness (QED) is 0.811. The van der Waals surface area contributed by atoms with Crippen molar-refractivity contribution in [1.29, 1.82) is 0 Å². The predicted molar refractivity (Wildman–Crippen MR) is 88.2 cm³/mol. The lowest BCUT2D eigenvalue weighted by molar-refractivity contribution is -0.120. The Bertz CT molecular complexity index is 606. The van der Waals surface area contributed by atoms with Gasteiger partial charge in [-0.3, -0.25) is 4.79 Å². The minimum absolute atomic E-state index is 0.0517. The SMILES string of the molecule is O=C(Nc1ccc(Nc2ccccc2)nc1)C1CCCNC1. The summed E-state index contributed by atoms with van der Waals surface area (Å²) in [5.74, 6) is 0.872. The van der Waals surface area contributed by atoms with Crippen molar-refractivity contribution < 1.29 is 4.79 Å². The summed E-state index contributed by atoms with van der Waals surface area (Å²) in [4.78, 5) is 16.5. The molecule has 0 aliphatic carbocycles. The molecule has 1 aromatic carbocycles. The molecule has 1 fully saturated rings. The Morgan fingerprint density at radius 3 is 2.68 bits per heavy atom. The van der Waals surface area contributed by atoms with E-state index < -0.39 is 0 Å². The van der Waals surface area contributed by atoms with Crippen molar-refractivity contribution >= 4 is 23.1 Å². The summed E-state index contributed by atoms with van der Waals surface area (Å²) in [7, 11) is 0. The molecule has 1 aromatic heterocycles. The van der Waals surface area contributed by atoms with Crippen molar-refractivity contribution in [3.63, 3.8) is 0 Å². The van der Waals surface area contributed by atoms with Crippen LogP contribution in [0.2, 0.25) is 0 Å². The van der Waals surface area contributed by atoms with Crippen LogP contribution in [-0.2, 0) is 4.79 Å². The molecule has 2 heterocycles. The van der Waals surface area contributed by atoms with E-state index in [1.165, 1.54) is 0 Å². The first-order valence-corrected chi connectivity index (χ1v) is 7.61. The molecule has 114 valence electrons. The molecule has 1 atom stereocenters. The van der Waals surface area contributed by atoms with E-state index in [0.29, 0.717) is 0 Å². The van der Waals surface area contributed by atoms with E-state index in [4.69, 9.17) is 0 Å². The summed E-state index contributed by atoms with van der Waals surface area (Å²) < 4.78 is 0.